The van der Waals surface area contributed by atoms with Gasteiger partial charge in [0.05, 0.1) is 20.1 Å². The lowest BCUT2D eigenvalue weighted by Crippen LogP contribution is -1.95. The van der Waals surface area contributed by atoms with Crippen LogP contribution in [0.2, 0.25) is 20.1 Å². The molecule has 2 rings (SSSR count). The van der Waals surface area contributed by atoms with E-state index in [2.05, 4.69) is 0 Å². The first-order valence-corrected chi connectivity index (χ1v) is 6.68. The number of halogens is 4. The Balaban J connectivity index is 2.62. The lowest BCUT2D eigenvalue weighted by Gasteiger charge is -2.11. The summed E-state index contributed by atoms with van der Waals surface area (Å²) in [5, 5.41) is 1.55. The van der Waals surface area contributed by atoms with E-state index in [9.17, 15) is 0 Å². The van der Waals surface area contributed by atoms with Gasteiger partial charge in [-0.3, -0.25) is 0 Å². The summed E-state index contributed by atoms with van der Waals surface area (Å²) in [5.41, 5.74) is 8.07. The van der Waals surface area contributed by atoms with Crippen LogP contribution in [0.5, 0.6) is 0 Å². The van der Waals surface area contributed by atoms with Gasteiger partial charge >= 0.3 is 0 Å². The second-order valence-electron chi connectivity index (χ2n) is 3.74. The number of hydrogen-bond donors (Lipinski definition) is 1. The standard InChI is InChI=1S/C13H9Cl4N/c14-9-5-10(15)13(17)11(12(9)16)8-3-1-7(6-18)2-4-8/h1-5H,6,18H2. The molecule has 0 saturated carbocycles. The van der Waals surface area contributed by atoms with Crippen LogP contribution in [-0.2, 0) is 6.54 Å². The quantitative estimate of drug-likeness (QED) is 0.734. The zero-order valence-corrected chi connectivity index (χ0v) is 12.2. The zero-order valence-electron chi connectivity index (χ0n) is 9.18. The highest BCUT2D eigenvalue weighted by Crippen LogP contribution is 2.43. The number of hydrogen-bond acceptors (Lipinski definition) is 1. The van der Waals surface area contributed by atoms with Gasteiger partial charge in [-0.25, -0.2) is 0 Å². The molecule has 18 heavy (non-hydrogen) atoms. The van der Waals surface area contributed by atoms with Crippen LogP contribution in [0.15, 0.2) is 30.3 Å². The van der Waals surface area contributed by atoms with Gasteiger partial charge in [-0.05, 0) is 17.2 Å². The van der Waals surface area contributed by atoms with Crippen molar-refractivity contribution in [3.05, 3.63) is 56.0 Å². The highest BCUT2D eigenvalue weighted by Gasteiger charge is 2.15. The molecule has 0 saturated heterocycles. The van der Waals surface area contributed by atoms with E-state index in [4.69, 9.17) is 52.1 Å². The van der Waals surface area contributed by atoms with Gasteiger partial charge in [0.1, 0.15) is 0 Å². The van der Waals surface area contributed by atoms with Crippen molar-refractivity contribution in [2.45, 2.75) is 6.54 Å². The molecule has 0 fully saturated rings. The third kappa shape index (κ3) is 2.61. The Morgan fingerprint density at radius 3 is 1.78 bits per heavy atom. The summed E-state index contributed by atoms with van der Waals surface area (Å²) in [6, 6.07) is 9.14. The summed E-state index contributed by atoms with van der Waals surface area (Å²) in [6.45, 7) is 0.484. The predicted molar refractivity (Wildman–Crippen MR) is 79.8 cm³/mol. The van der Waals surface area contributed by atoms with Crippen LogP contribution in [-0.4, -0.2) is 0 Å². The van der Waals surface area contributed by atoms with Crippen molar-refractivity contribution in [2.24, 2.45) is 5.73 Å². The molecule has 2 aromatic carbocycles. The van der Waals surface area contributed by atoms with Gasteiger partial charge in [0.15, 0.2) is 0 Å². The Hall–Kier alpha value is -0.440. The molecule has 0 bridgehead atoms. The van der Waals surface area contributed by atoms with E-state index in [0.29, 0.717) is 32.2 Å². The van der Waals surface area contributed by atoms with E-state index in [1.807, 2.05) is 24.3 Å². The molecule has 0 atom stereocenters. The topological polar surface area (TPSA) is 26.0 Å². The minimum absolute atomic E-state index is 0.379. The maximum absolute atomic E-state index is 6.18. The van der Waals surface area contributed by atoms with Crippen molar-refractivity contribution in [2.75, 3.05) is 0 Å². The minimum Gasteiger partial charge on any atom is -0.326 e. The van der Waals surface area contributed by atoms with Crippen LogP contribution < -0.4 is 5.73 Å². The summed E-state index contributed by atoms with van der Waals surface area (Å²) in [6.07, 6.45) is 0. The van der Waals surface area contributed by atoms with Gasteiger partial charge in [0.25, 0.3) is 0 Å². The molecule has 0 unspecified atom stereocenters. The Kier molecular flexibility index (Phi) is 4.41. The first-order chi connectivity index (χ1) is 8.54. The van der Waals surface area contributed by atoms with E-state index in [1.165, 1.54) is 6.07 Å². The van der Waals surface area contributed by atoms with Crippen molar-refractivity contribution >= 4 is 46.4 Å². The molecule has 0 amide bonds. The molecule has 1 nitrogen and oxygen atoms in total. The molecule has 0 heterocycles. The van der Waals surface area contributed by atoms with Crippen LogP contribution in [0.25, 0.3) is 11.1 Å². The second kappa shape index (κ2) is 5.68. The maximum Gasteiger partial charge on any atom is 0.0686 e. The molecule has 94 valence electrons. The van der Waals surface area contributed by atoms with Crippen LogP contribution in [0, 0.1) is 0 Å². The van der Waals surface area contributed by atoms with E-state index >= 15 is 0 Å². The maximum atomic E-state index is 6.18. The largest absolute Gasteiger partial charge is 0.326 e. The lowest BCUT2D eigenvalue weighted by molar-refractivity contribution is 1.07. The van der Waals surface area contributed by atoms with E-state index in [0.717, 1.165) is 11.1 Å². The van der Waals surface area contributed by atoms with Gasteiger partial charge in [-0.15, -0.1) is 0 Å². The normalized spacial score (nSPS) is 10.7. The number of benzene rings is 2. The minimum atomic E-state index is 0.379. The van der Waals surface area contributed by atoms with E-state index < -0.39 is 0 Å². The first-order valence-electron chi connectivity index (χ1n) is 5.17. The summed E-state index contributed by atoms with van der Waals surface area (Å²) in [5.74, 6) is 0. The van der Waals surface area contributed by atoms with Crippen molar-refractivity contribution < 1.29 is 0 Å². The Morgan fingerprint density at radius 2 is 1.33 bits per heavy atom. The predicted octanol–water partition coefficient (Wildman–Crippen LogP) is 5.43. The third-order valence-corrected chi connectivity index (χ3v) is 4.16. The molecule has 2 aromatic rings. The molecule has 5 heteroatoms. The molecule has 0 aliphatic heterocycles. The molecule has 0 radical (unpaired) electrons. The zero-order chi connectivity index (χ0) is 13.3. The highest BCUT2D eigenvalue weighted by molar-refractivity contribution is 6.50. The second-order valence-corrected chi connectivity index (χ2v) is 5.31. The molecular formula is C13H9Cl4N. The SMILES string of the molecule is NCc1ccc(-c2c(Cl)c(Cl)cc(Cl)c2Cl)cc1. The molecule has 0 aromatic heterocycles. The fourth-order valence-corrected chi connectivity index (χ4v) is 2.66. The van der Waals surface area contributed by atoms with Crippen molar-refractivity contribution in [3.8, 4) is 11.1 Å². The average molecular weight is 321 g/mol. The summed E-state index contributed by atoms with van der Waals surface area (Å²) in [7, 11) is 0. The van der Waals surface area contributed by atoms with Gasteiger partial charge in [-0.2, -0.15) is 0 Å². The fourth-order valence-electron chi connectivity index (χ4n) is 1.63. The van der Waals surface area contributed by atoms with Crippen LogP contribution in [0.3, 0.4) is 0 Å². The third-order valence-electron chi connectivity index (χ3n) is 2.59. The van der Waals surface area contributed by atoms with Crippen molar-refractivity contribution in [3.63, 3.8) is 0 Å². The van der Waals surface area contributed by atoms with Crippen molar-refractivity contribution in [1.29, 1.82) is 0 Å². The highest BCUT2D eigenvalue weighted by atomic mass is 35.5. The van der Waals surface area contributed by atoms with Gasteiger partial charge < -0.3 is 5.73 Å². The summed E-state index contributed by atoms with van der Waals surface area (Å²) in [4.78, 5) is 0. The van der Waals surface area contributed by atoms with E-state index in [-0.39, 0.29) is 0 Å². The monoisotopic (exact) mass is 319 g/mol. The number of rotatable bonds is 2. The van der Waals surface area contributed by atoms with E-state index in [1.54, 1.807) is 0 Å². The first kappa shape index (κ1) is 14.0. The van der Waals surface area contributed by atoms with Crippen molar-refractivity contribution in [1.82, 2.24) is 0 Å². The van der Waals surface area contributed by atoms with Crippen LogP contribution in [0.1, 0.15) is 5.56 Å². The van der Waals surface area contributed by atoms with Gasteiger partial charge in [-0.1, -0.05) is 70.7 Å². The Morgan fingerprint density at radius 1 is 0.833 bits per heavy atom. The van der Waals surface area contributed by atoms with Crippen LogP contribution in [0.4, 0.5) is 0 Å². The molecule has 0 aliphatic carbocycles. The average Bonchev–Trinajstić information content (AvgIpc) is 2.37. The Bertz CT molecular complexity index is 552. The fraction of sp³-hybridized carbons (Fsp3) is 0.0769. The van der Waals surface area contributed by atoms with Crippen LogP contribution >= 0.6 is 46.4 Å². The smallest absolute Gasteiger partial charge is 0.0686 e. The van der Waals surface area contributed by atoms with Gasteiger partial charge in [0.2, 0.25) is 0 Å². The Labute approximate surface area is 125 Å². The summed E-state index contributed by atoms with van der Waals surface area (Å²) < 4.78 is 0. The molecular weight excluding hydrogens is 312 g/mol. The van der Waals surface area contributed by atoms with Gasteiger partial charge in [0, 0.05) is 12.1 Å². The molecule has 2 N–H and O–H groups in total. The molecule has 0 spiro atoms. The summed E-state index contributed by atoms with van der Waals surface area (Å²) >= 11 is 24.4. The lowest BCUT2D eigenvalue weighted by atomic mass is 10.0. The molecule has 0 aliphatic rings. The number of nitrogens with two attached hydrogens (primary N) is 1.